The van der Waals surface area contributed by atoms with Crippen molar-refractivity contribution in [3.8, 4) is 0 Å². The molecule has 1 N–H and O–H groups in total. The highest BCUT2D eigenvalue weighted by molar-refractivity contribution is 5.96. The van der Waals surface area contributed by atoms with Crippen LogP contribution in [0.4, 0.5) is 0 Å². The van der Waals surface area contributed by atoms with Gasteiger partial charge >= 0.3 is 5.97 Å². The highest BCUT2D eigenvalue weighted by Crippen LogP contribution is 2.35. The fraction of sp³-hybridized carbons (Fsp3) is 0.529. The van der Waals surface area contributed by atoms with E-state index in [0.717, 1.165) is 19.4 Å². The van der Waals surface area contributed by atoms with Crippen LogP contribution in [0, 0.1) is 11.8 Å². The van der Waals surface area contributed by atoms with Crippen molar-refractivity contribution >= 4 is 11.8 Å². The summed E-state index contributed by atoms with van der Waals surface area (Å²) in [5, 5.41) is 8.75. The maximum Gasteiger partial charge on any atom is 0.310 e. The zero-order valence-corrected chi connectivity index (χ0v) is 12.7. The number of nitrogens with zero attached hydrogens (tertiary/aromatic N) is 1. The summed E-state index contributed by atoms with van der Waals surface area (Å²) in [6.45, 7) is 3.01. The lowest BCUT2D eigenvalue weighted by Crippen LogP contribution is -2.33. The van der Waals surface area contributed by atoms with Crippen molar-refractivity contribution in [3.05, 3.63) is 35.9 Å². The van der Waals surface area contributed by atoms with Gasteiger partial charge in [0, 0.05) is 18.5 Å². The van der Waals surface area contributed by atoms with Crippen LogP contribution < -0.4 is 0 Å². The molecule has 0 amide bonds. The topological polar surface area (TPSA) is 57.6 Å². The summed E-state index contributed by atoms with van der Waals surface area (Å²) in [4.78, 5) is 24.9. The van der Waals surface area contributed by atoms with E-state index >= 15 is 0 Å². The van der Waals surface area contributed by atoms with Crippen LogP contribution >= 0.6 is 0 Å². The second-order valence-corrected chi connectivity index (χ2v) is 6.15. The fourth-order valence-corrected chi connectivity index (χ4v) is 3.39. The maximum atomic E-state index is 11.9. The summed E-state index contributed by atoms with van der Waals surface area (Å²) >= 11 is 0. The number of carboxylic acid groups (broad SMARTS) is 1. The summed E-state index contributed by atoms with van der Waals surface area (Å²) in [5.41, 5.74) is 1.26. The molecule has 114 valence electrons. The van der Waals surface area contributed by atoms with E-state index in [1.807, 2.05) is 18.2 Å². The summed E-state index contributed by atoms with van der Waals surface area (Å²) in [6.07, 6.45) is 1.24. The molecule has 0 spiro atoms. The van der Waals surface area contributed by atoms with Crippen LogP contribution in [-0.2, 0) is 16.1 Å². The number of Topliss-reactive ketones (excluding diaryl/α,β-unsaturated/α-hetero) is 1. The van der Waals surface area contributed by atoms with Crippen LogP contribution in [0.1, 0.15) is 31.7 Å². The highest BCUT2D eigenvalue weighted by atomic mass is 16.4. The van der Waals surface area contributed by atoms with E-state index in [9.17, 15) is 9.59 Å². The minimum atomic E-state index is -1.02. The monoisotopic (exact) mass is 289 g/mol. The molecule has 1 aliphatic rings. The van der Waals surface area contributed by atoms with Crippen molar-refractivity contribution < 1.29 is 14.7 Å². The number of hydrogen-bond donors (Lipinski definition) is 1. The van der Waals surface area contributed by atoms with Gasteiger partial charge in [0.1, 0.15) is 12.2 Å². The molecule has 0 saturated heterocycles. The standard InChI is InChI=1S/C17H23NO3/c1-12-8-14(16(19)10-17(20)21)9-15(12)18(2)11-13-6-4-3-5-7-13/h3-7,12,14-15H,8-11H2,1-2H3,(H,20,21). The van der Waals surface area contributed by atoms with Gasteiger partial charge in [-0.05, 0) is 31.4 Å². The number of ketones is 1. The van der Waals surface area contributed by atoms with Gasteiger partial charge in [0.2, 0.25) is 0 Å². The second-order valence-electron chi connectivity index (χ2n) is 6.15. The summed E-state index contributed by atoms with van der Waals surface area (Å²) in [7, 11) is 2.08. The molecule has 4 heteroatoms. The Balaban J connectivity index is 1.94. The second kappa shape index (κ2) is 6.85. The largest absolute Gasteiger partial charge is 0.481 e. The van der Waals surface area contributed by atoms with E-state index in [1.54, 1.807) is 0 Å². The lowest BCUT2D eigenvalue weighted by atomic mass is 9.99. The normalized spacial score (nSPS) is 25.2. The lowest BCUT2D eigenvalue weighted by molar-refractivity contribution is -0.141. The molecule has 3 unspecified atom stereocenters. The van der Waals surface area contributed by atoms with Crippen molar-refractivity contribution in [1.82, 2.24) is 4.90 Å². The Morgan fingerprint density at radius 2 is 1.90 bits per heavy atom. The number of benzene rings is 1. The first-order valence-corrected chi connectivity index (χ1v) is 7.46. The van der Waals surface area contributed by atoms with Gasteiger partial charge in [0.05, 0.1) is 0 Å². The number of carboxylic acids is 1. The summed E-state index contributed by atoms with van der Waals surface area (Å²) < 4.78 is 0. The van der Waals surface area contributed by atoms with Gasteiger partial charge in [-0.1, -0.05) is 37.3 Å². The predicted molar refractivity (Wildman–Crippen MR) is 80.8 cm³/mol. The molecule has 0 radical (unpaired) electrons. The summed E-state index contributed by atoms with van der Waals surface area (Å²) in [6, 6.07) is 10.6. The molecular weight excluding hydrogens is 266 g/mol. The highest BCUT2D eigenvalue weighted by Gasteiger charge is 2.37. The van der Waals surface area contributed by atoms with Crippen molar-refractivity contribution in [2.75, 3.05) is 7.05 Å². The molecular formula is C17H23NO3. The van der Waals surface area contributed by atoms with Crippen molar-refractivity contribution in [1.29, 1.82) is 0 Å². The minimum absolute atomic E-state index is 0.0978. The smallest absolute Gasteiger partial charge is 0.310 e. The van der Waals surface area contributed by atoms with E-state index in [-0.39, 0.29) is 18.1 Å². The molecule has 1 aromatic carbocycles. The third-order valence-corrected chi connectivity index (χ3v) is 4.46. The molecule has 3 atom stereocenters. The molecule has 0 heterocycles. The van der Waals surface area contributed by atoms with Crippen LogP contribution in [0.5, 0.6) is 0 Å². The van der Waals surface area contributed by atoms with E-state index < -0.39 is 5.97 Å². The molecule has 0 aliphatic heterocycles. The Kier molecular flexibility index (Phi) is 5.12. The van der Waals surface area contributed by atoms with Crippen LogP contribution in [0.15, 0.2) is 30.3 Å². The molecule has 1 fully saturated rings. The van der Waals surface area contributed by atoms with Crippen molar-refractivity contribution in [2.24, 2.45) is 11.8 Å². The van der Waals surface area contributed by atoms with Gasteiger partial charge in [0.15, 0.2) is 0 Å². The van der Waals surface area contributed by atoms with E-state index in [4.69, 9.17) is 5.11 Å². The van der Waals surface area contributed by atoms with E-state index in [1.165, 1.54) is 5.56 Å². The van der Waals surface area contributed by atoms with Crippen LogP contribution in [0.2, 0.25) is 0 Å². The third kappa shape index (κ3) is 4.14. The van der Waals surface area contributed by atoms with Gasteiger partial charge in [-0.15, -0.1) is 0 Å². The lowest BCUT2D eigenvalue weighted by Gasteiger charge is -2.27. The molecule has 1 saturated carbocycles. The molecule has 1 aliphatic carbocycles. The first kappa shape index (κ1) is 15.7. The third-order valence-electron chi connectivity index (χ3n) is 4.46. The van der Waals surface area contributed by atoms with Crippen LogP contribution in [-0.4, -0.2) is 34.8 Å². The minimum Gasteiger partial charge on any atom is -0.481 e. The van der Waals surface area contributed by atoms with Gasteiger partial charge in [-0.2, -0.15) is 0 Å². The molecule has 1 aromatic rings. The number of rotatable bonds is 6. The Morgan fingerprint density at radius 1 is 1.24 bits per heavy atom. The quantitative estimate of drug-likeness (QED) is 0.818. The number of carbonyl (C=O) groups excluding carboxylic acids is 1. The van der Waals surface area contributed by atoms with Gasteiger partial charge in [-0.3, -0.25) is 14.5 Å². The Hall–Kier alpha value is -1.68. The molecule has 0 bridgehead atoms. The first-order chi connectivity index (χ1) is 9.97. The number of aliphatic carboxylic acids is 1. The maximum absolute atomic E-state index is 11.9. The number of hydrogen-bond acceptors (Lipinski definition) is 3. The van der Waals surface area contributed by atoms with Crippen LogP contribution in [0.25, 0.3) is 0 Å². The summed E-state index contributed by atoms with van der Waals surface area (Å²) in [5.74, 6) is -0.820. The van der Waals surface area contributed by atoms with Gasteiger partial charge in [-0.25, -0.2) is 0 Å². The van der Waals surface area contributed by atoms with Crippen molar-refractivity contribution in [2.45, 2.75) is 38.8 Å². The molecule has 2 rings (SSSR count). The van der Waals surface area contributed by atoms with E-state index in [0.29, 0.717) is 12.0 Å². The molecule has 0 aromatic heterocycles. The van der Waals surface area contributed by atoms with Gasteiger partial charge < -0.3 is 5.11 Å². The van der Waals surface area contributed by atoms with Gasteiger partial charge in [0.25, 0.3) is 0 Å². The average Bonchev–Trinajstić information content (AvgIpc) is 2.81. The Bertz CT molecular complexity index is 500. The Labute approximate surface area is 125 Å². The fourth-order valence-electron chi connectivity index (χ4n) is 3.39. The van der Waals surface area contributed by atoms with Crippen molar-refractivity contribution in [3.63, 3.8) is 0 Å². The predicted octanol–water partition coefficient (Wildman–Crippen LogP) is 2.58. The molecule has 4 nitrogen and oxygen atoms in total. The zero-order valence-electron chi connectivity index (χ0n) is 12.7. The SMILES string of the molecule is CC1CC(C(=O)CC(=O)O)CC1N(C)Cc1ccccc1. The van der Waals surface area contributed by atoms with Crippen LogP contribution in [0.3, 0.4) is 0 Å². The van der Waals surface area contributed by atoms with E-state index in [2.05, 4.69) is 31.0 Å². The zero-order chi connectivity index (χ0) is 15.4. The first-order valence-electron chi connectivity index (χ1n) is 7.46. The number of carbonyl (C=O) groups is 2. The average molecular weight is 289 g/mol. The Morgan fingerprint density at radius 3 is 2.52 bits per heavy atom. The molecule has 21 heavy (non-hydrogen) atoms.